The van der Waals surface area contributed by atoms with Gasteiger partial charge in [-0.1, -0.05) is 35.3 Å². The molecule has 2 aromatic rings. The Bertz CT molecular complexity index is 541. The highest BCUT2D eigenvalue weighted by Crippen LogP contribution is 2.32. The fourth-order valence-corrected chi connectivity index (χ4v) is 1.92. The average Bonchev–Trinajstić information content (AvgIpc) is 2.32. The Balaban J connectivity index is 2.40. The normalized spacial score (nSPS) is 10.3. The van der Waals surface area contributed by atoms with Crippen molar-refractivity contribution in [3.05, 3.63) is 52.5 Å². The van der Waals surface area contributed by atoms with Crippen molar-refractivity contribution in [1.82, 2.24) is 0 Å². The summed E-state index contributed by atoms with van der Waals surface area (Å²) in [6, 6.07) is 13.2. The maximum absolute atomic E-state index is 6.00. The molecule has 0 fully saturated rings. The van der Waals surface area contributed by atoms with Gasteiger partial charge in [-0.15, -0.1) is 0 Å². The highest BCUT2D eigenvalue weighted by molar-refractivity contribution is 6.42. The number of halogens is 2. The second kappa shape index (κ2) is 4.86. The first-order valence-electron chi connectivity index (χ1n) is 5.13. The minimum Gasteiger partial charge on any atom is -0.397 e. The summed E-state index contributed by atoms with van der Waals surface area (Å²) in [6.07, 6.45) is 0. The maximum atomic E-state index is 6.00. The number of benzene rings is 2. The van der Waals surface area contributed by atoms with Gasteiger partial charge < -0.3 is 10.6 Å². The van der Waals surface area contributed by atoms with Crippen molar-refractivity contribution >= 4 is 40.3 Å². The Hall–Kier alpha value is -1.38. The van der Waals surface area contributed by atoms with Gasteiger partial charge in [-0.25, -0.2) is 0 Å². The number of rotatable bonds is 2. The first kappa shape index (κ1) is 12.1. The predicted octanol–water partition coefficient (Wildman–Crippen LogP) is 4.34. The van der Waals surface area contributed by atoms with E-state index in [-0.39, 0.29) is 0 Å². The second-order valence-electron chi connectivity index (χ2n) is 3.72. The van der Waals surface area contributed by atoms with Gasteiger partial charge in [0.15, 0.2) is 0 Å². The molecule has 17 heavy (non-hydrogen) atoms. The molecular formula is C13H12Cl2N2. The van der Waals surface area contributed by atoms with Crippen LogP contribution in [0.2, 0.25) is 10.0 Å². The van der Waals surface area contributed by atoms with E-state index in [1.807, 2.05) is 48.3 Å². The van der Waals surface area contributed by atoms with Crippen LogP contribution >= 0.6 is 23.2 Å². The van der Waals surface area contributed by atoms with Gasteiger partial charge in [0.2, 0.25) is 0 Å². The van der Waals surface area contributed by atoms with Crippen molar-refractivity contribution in [2.45, 2.75) is 0 Å². The molecule has 0 saturated heterocycles. The van der Waals surface area contributed by atoms with Crippen LogP contribution in [-0.2, 0) is 0 Å². The van der Waals surface area contributed by atoms with Gasteiger partial charge in [0.1, 0.15) is 0 Å². The molecule has 0 radical (unpaired) electrons. The summed E-state index contributed by atoms with van der Waals surface area (Å²) in [4.78, 5) is 1.97. The quantitative estimate of drug-likeness (QED) is 0.820. The van der Waals surface area contributed by atoms with E-state index >= 15 is 0 Å². The number of nitrogens with zero attached hydrogens (tertiary/aromatic N) is 1. The van der Waals surface area contributed by atoms with Gasteiger partial charge in [-0.2, -0.15) is 0 Å². The summed E-state index contributed by atoms with van der Waals surface area (Å²) >= 11 is 11.9. The lowest BCUT2D eigenvalue weighted by molar-refractivity contribution is 1.21. The number of nitrogens with two attached hydrogens (primary N) is 1. The smallest absolute Gasteiger partial charge is 0.0641 e. The van der Waals surface area contributed by atoms with E-state index in [1.165, 1.54) is 0 Å². The van der Waals surface area contributed by atoms with Crippen molar-refractivity contribution in [3.8, 4) is 0 Å². The third-order valence-corrected chi connectivity index (χ3v) is 3.33. The lowest BCUT2D eigenvalue weighted by Gasteiger charge is -2.21. The van der Waals surface area contributed by atoms with Crippen LogP contribution < -0.4 is 10.6 Å². The van der Waals surface area contributed by atoms with Crippen molar-refractivity contribution in [1.29, 1.82) is 0 Å². The van der Waals surface area contributed by atoms with Crippen LogP contribution in [0.3, 0.4) is 0 Å². The van der Waals surface area contributed by atoms with Crippen molar-refractivity contribution in [3.63, 3.8) is 0 Å². The van der Waals surface area contributed by atoms with E-state index in [4.69, 9.17) is 28.9 Å². The second-order valence-corrected chi connectivity index (χ2v) is 4.53. The van der Waals surface area contributed by atoms with Gasteiger partial charge in [0, 0.05) is 12.7 Å². The van der Waals surface area contributed by atoms with Gasteiger partial charge in [0.05, 0.1) is 21.4 Å². The number of para-hydroxylation sites is 2. The molecule has 0 atom stereocenters. The van der Waals surface area contributed by atoms with E-state index < -0.39 is 0 Å². The lowest BCUT2D eigenvalue weighted by Crippen LogP contribution is -2.11. The van der Waals surface area contributed by atoms with E-state index in [2.05, 4.69) is 0 Å². The molecule has 0 heterocycles. The van der Waals surface area contributed by atoms with Crippen LogP contribution in [0.1, 0.15) is 0 Å². The van der Waals surface area contributed by atoms with Crippen LogP contribution in [-0.4, -0.2) is 7.05 Å². The van der Waals surface area contributed by atoms with Crippen molar-refractivity contribution in [2.75, 3.05) is 17.7 Å². The molecule has 88 valence electrons. The molecule has 0 aliphatic carbocycles. The molecular weight excluding hydrogens is 255 g/mol. The monoisotopic (exact) mass is 266 g/mol. The summed E-state index contributed by atoms with van der Waals surface area (Å²) in [5, 5.41) is 1.08. The number of hydrogen-bond donors (Lipinski definition) is 1. The molecule has 0 amide bonds. The molecule has 4 heteroatoms. The summed E-state index contributed by atoms with van der Waals surface area (Å²) in [6.45, 7) is 0. The third kappa shape index (κ3) is 2.48. The van der Waals surface area contributed by atoms with Crippen LogP contribution in [0.5, 0.6) is 0 Å². The van der Waals surface area contributed by atoms with Gasteiger partial charge in [0.25, 0.3) is 0 Å². The van der Waals surface area contributed by atoms with Gasteiger partial charge in [-0.3, -0.25) is 0 Å². The zero-order valence-corrected chi connectivity index (χ0v) is 10.8. The summed E-state index contributed by atoms with van der Waals surface area (Å²) < 4.78 is 0. The van der Waals surface area contributed by atoms with Crippen LogP contribution in [0.25, 0.3) is 0 Å². The SMILES string of the molecule is CN(c1ccc(Cl)c(Cl)c1)c1ccccc1N. The Kier molecular flexibility index (Phi) is 3.46. The molecule has 2 nitrogen and oxygen atoms in total. The summed E-state index contributed by atoms with van der Waals surface area (Å²) in [5.41, 5.74) is 8.53. The average molecular weight is 267 g/mol. The fourth-order valence-electron chi connectivity index (χ4n) is 1.63. The third-order valence-electron chi connectivity index (χ3n) is 2.59. The Morgan fingerprint density at radius 2 is 1.71 bits per heavy atom. The van der Waals surface area contributed by atoms with E-state index in [0.717, 1.165) is 17.1 Å². The molecule has 0 aromatic heterocycles. The number of anilines is 3. The highest BCUT2D eigenvalue weighted by atomic mass is 35.5. The standard InChI is InChI=1S/C13H12Cl2N2/c1-17(13-5-3-2-4-12(13)16)9-6-7-10(14)11(15)8-9/h2-8H,16H2,1H3. The van der Waals surface area contributed by atoms with Crippen LogP contribution in [0.15, 0.2) is 42.5 Å². The number of hydrogen-bond acceptors (Lipinski definition) is 2. The molecule has 0 unspecified atom stereocenters. The molecule has 0 aliphatic heterocycles. The molecule has 2 aromatic carbocycles. The zero-order valence-electron chi connectivity index (χ0n) is 9.32. The maximum Gasteiger partial charge on any atom is 0.0641 e. The molecule has 2 N–H and O–H groups in total. The first-order chi connectivity index (χ1) is 8.09. The predicted molar refractivity (Wildman–Crippen MR) is 75.4 cm³/mol. The molecule has 0 spiro atoms. The van der Waals surface area contributed by atoms with Gasteiger partial charge in [-0.05, 0) is 30.3 Å². The molecule has 0 bridgehead atoms. The topological polar surface area (TPSA) is 29.3 Å². The highest BCUT2D eigenvalue weighted by Gasteiger charge is 2.08. The fraction of sp³-hybridized carbons (Fsp3) is 0.0769. The first-order valence-corrected chi connectivity index (χ1v) is 5.88. The Morgan fingerprint density at radius 3 is 2.35 bits per heavy atom. The number of nitrogen functional groups attached to an aromatic ring is 1. The Labute approximate surface area is 111 Å². The summed E-state index contributed by atoms with van der Waals surface area (Å²) in [7, 11) is 1.94. The molecule has 0 saturated carbocycles. The van der Waals surface area contributed by atoms with E-state index in [0.29, 0.717) is 10.0 Å². The van der Waals surface area contributed by atoms with E-state index in [9.17, 15) is 0 Å². The molecule has 2 rings (SSSR count). The van der Waals surface area contributed by atoms with Crippen LogP contribution in [0, 0.1) is 0 Å². The van der Waals surface area contributed by atoms with Crippen molar-refractivity contribution in [2.24, 2.45) is 0 Å². The van der Waals surface area contributed by atoms with Gasteiger partial charge >= 0.3 is 0 Å². The van der Waals surface area contributed by atoms with Crippen molar-refractivity contribution < 1.29 is 0 Å². The Morgan fingerprint density at radius 1 is 1.00 bits per heavy atom. The van der Waals surface area contributed by atoms with Crippen LogP contribution in [0.4, 0.5) is 17.1 Å². The van der Waals surface area contributed by atoms with E-state index in [1.54, 1.807) is 6.07 Å². The lowest BCUT2D eigenvalue weighted by atomic mass is 10.2. The summed E-state index contributed by atoms with van der Waals surface area (Å²) in [5.74, 6) is 0. The largest absolute Gasteiger partial charge is 0.397 e. The molecule has 0 aliphatic rings. The zero-order chi connectivity index (χ0) is 12.4. The minimum absolute atomic E-state index is 0.533. The minimum atomic E-state index is 0.533.